The molecule has 2 fully saturated rings. The molecule has 36 heavy (non-hydrogen) atoms. The molecule has 0 aliphatic carbocycles. The Morgan fingerprint density at radius 2 is 2.06 bits per heavy atom. The topological polar surface area (TPSA) is 133 Å². The number of alkyl halides is 2. The number of hydrogen-bond donors (Lipinski definition) is 3. The number of ether oxygens (including phenoxy) is 3. The molecule has 0 saturated carbocycles. The number of fused-ring (bicyclic) bond motifs is 1. The molecule has 0 radical (unpaired) electrons. The standard InChI is InChI=1S/C25H27F2N3O6/c1-14(2)36-20-10-18-17(9-19(20)21(28)31)15(3-4-24(33)5-7-34-8-6-24)12-29-22(18)35-13-16-11-25(26,27)23(32)30-16/h9-10,12,14,16,33H,5-8,11,13H2,1-2H3,(H2,28,31)(H,30,32). The minimum Gasteiger partial charge on any atom is -0.490 e. The highest BCUT2D eigenvalue weighted by molar-refractivity contribution is 6.03. The molecule has 1 atom stereocenters. The predicted octanol–water partition coefficient (Wildman–Crippen LogP) is 1.92. The number of primary amides is 1. The molecule has 0 bridgehead atoms. The van der Waals surface area contributed by atoms with Crippen LogP contribution in [0.3, 0.4) is 0 Å². The third-order valence-electron chi connectivity index (χ3n) is 5.92. The fourth-order valence-electron chi connectivity index (χ4n) is 4.04. The Morgan fingerprint density at radius 1 is 1.33 bits per heavy atom. The van der Waals surface area contributed by atoms with E-state index in [2.05, 4.69) is 22.1 Å². The molecule has 2 amide bonds. The van der Waals surface area contributed by atoms with E-state index in [1.807, 2.05) is 0 Å². The maximum Gasteiger partial charge on any atom is 0.326 e. The summed E-state index contributed by atoms with van der Waals surface area (Å²) < 4.78 is 44.0. The molecule has 11 heteroatoms. The van der Waals surface area contributed by atoms with E-state index in [9.17, 15) is 23.5 Å². The first-order valence-electron chi connectivity index (χ1n) is 11.6. The zero-order valence-corrected chi connectivity index (χ0v) is 19.9. The fraction of sp³-hybridized carbons (Fsp3) is 0.480. The lowest BCUT2D eigenvalue weighted by molar-refractivity contribution is -0.139. The Hall–Kier alpha value is -3.49. The van der Waals surface area contributed by atoms with Gasteiger partial charge in [0.05, 0.1) is 36.5 Å². The first-order valence-corrected chi connectivity index (χ1v) is 11.6. The predicted molar refractivity (Wildman–Crippen MR) is 125 cm³/mol. The van der Waals surface area contributed by atoms with Crippen molar-refractivity contribution in [1.82, 2.24) is 10.3 Å². The number of hydrogen-bond acceptors (Lipinski definition) is 7. The number of nitrogens with one attached hydrogen (secondary N) is 1. The van der Waals surface area contributed by atoms with Gasteiger partial charge in [0.25, 0.3) is 11.8 Å². The number of benzene rings is 1. The van der Waals surface area contributed by atoms with E-state index in [1.165, 1.54) is 18.3 Å². The maximum atomic E-state index is 13.6. The SMILES string of the molecule is CC(C)Oc1cc2c(OCC3CC(F)(F)C(=O)N3)ncc(C#CC3(O)CCOCC3)c2cc1C(N)=O. The van der Waals surface area contributed by atoms with Gasteiger partial charge in [-0.25, -0.2) is 4.98 Å². The molecule has 9 nitrogen and oxygen atoms in total. The lowest BCUT2D eigenvalue weighted by atomic mass is 9.94. The van der Waals surface area contributed by atoms with Crippen LogP contribution in [-0.2, 0) is 9.53 Å². The van der Waals surface area contributed by atoms with Crippen LogP contribution < -0.4 is 20.5 Å². The van der Waals surface area contributed by atoms with Crippen LogP contribution in [0.5, 0.6) is 11.6 Å². The van der Waals surface area contributed by atoms with Gasteiger partial charge >= 0.3 is 5.92 Å². The molecular formula is C25H27F2N3O6. The lowest BCUT2D eigenvalue weighted by Crippen LogP contribution is -2.34. The summed E-state index contributed by atoms with van der Waals surface area (Å²) in [6.07, 6.45) is 1.14. The highest BCUT2D eigenvalue weighted by Gasteiger charge is 2.48. The average molecular weight is 504 g/mol. The minimum absolute atomic E-state index is 0.0782. The Kier molecular flexibility index (Phi) is 7.02. The third-order valence-corrected chi connectivity index (χ3v) is 5.92. The van der Waals surface area contributed by atoms with Gasteiger partial charge in [0, 0.05) is 36.2 Å². The van der Waals surface area contributed by atoms with Crippen LogP contribution in [0.1, 0.15) is 49.0 Å². The smallest absolute Gasteiger partial charge is 0.326 e. The molecule has 3 heterocycles. The molecule has 2 aliphatic heterocycles. The van der Waals surface area contributed by atoms with E-state index in [1.54, 1.807) is 13.8 Å². The van der Waals surface area contributed by atoms with Crippen molar-refractivity contribution in [2.45, 2.75) is 56.8 Å². The number of rotatable bonds is 6. The zero-order valence-electron chi connectivity index (χ0n) is 19.9. The number of amides is 2. The van der Waals surface area contributed by atoms with Crippen LogP contribution in [0, 0.1) is 11.8 Å². The molecule has 0 spiro atoms. The number of aromatic nitrogens is 1. The van der Waals surface area contributed by atoms with E-state index in [4.69, 9.17) is 19.9 Å². The Bertz CT molecular complexity index is 1250. The quantitative estimate of drug-likeness (QED) is 0.513. The molecule has 1 aromatic carbocycles. The van der Waals surface area contributed by atoms with Crippen molar-refractivity contribution < 1.29 is 37.7 Å². The molecule has 1 aromatic heterocycles. The first kappa shape index (κ1) is 25.6. The molecule has 4 rings (SSSR count). The minimum atomic E-state index is -3.46. The van der Waals surface area contributed by atoms with E-state index in [0.29, 0.717) is 42.4 Å². The van der Waals surface area contributed by atoms with Crippen LogP contribution in [-0.4, -0.2) is 65.4 Å². The van der Waals surface area contributed by atoms with E-state index < -0.39 is 35.8 Å². The normalized spacial score (nSPS) is 20.5. The molecule has 4 N–H and O–H groups in total. The largest absolute Gasteiger partial charge is 0.490 e. The Morgan fingerprint density at radius 3 is 2.67 bits per heavy atom. The number of halogens is 2. The fourth-order valence-corrected chi connectivity index (χ4v) is 4.04. The number of nitrogens with zero attached hydrogens (tertiary/aromatic N) is 1. The van der Waals surface area contributed by atoms with Crippen LogP contribution in [0.4, 0.5) is 8.78 Å². The lowest BCUT2D eigenvalue weighted by Gasteiger charge is -2.26. The number of nitrogens with two attached hydrogens (primary N) is 1. The third kappa shape index (κ3) is 5.50. The Balaban J connectivity index is 1.75. The summed E-state index contributed by atoms with van der Waals surface area (Å²) in [4.78, 5) is 27.9. The maximum absolute atomic E-state index is 13.6. The van der Waals surface area contributed by atoms with Crippen molar-refractivity contribution in [2.75, 3.05) is 19.8 Å². The highest BCUT2D eigenvalue weighted by atomic mass is 19.3. The van der Waals surface area contributed by atoms with Crippen molar-refractivity contribution in [2.24, 2.45) is 5.73 Å². The van der Waals surface area contributed by atoms with E-state index in [-0.39, 0.29) is 29.9 Å². The highest BCUT2D eigenvalue weighted by Crippen LogP contribution is 2.34. The van der Waals surface area contributed by atoms with Crippen LogP contribution in [0.2, 0.25) is 0 Å². The summed E-state index contributed by atoms with van der Waals surface area (Å²) in [7, 11) is 0. The van der Waals surface area contributed by atoms with Gasteiger partial charge in [-0.1, -0.05) is 11.8 Å². The molecular weight excluding hydrogens is 476 g/mol. The van der Waals surface area contributed by atoms with Gasteiger partial charge in [0.1, 0.15) is 18.0 Å². The van der Waals surface area contributed by atoms with Crippen LogP contribution in [0.25, 0.3) is 10.8 Å². The van der Waals surface area contributed by atoms with Crippen LogP contribution >= 0.6 is 0 Å². The average Bonchev–Trinajstić information content (AvgIpc) is 3.07. The van der Waals surface area contributed by atoms with Crippen molar-refractivity contribution >= 4 is 22.6 Å². The Labute approximate surface area is 206 Å². The van der Waals surface area contributed by atoms with Crippen molar-refractivity contribution in [3.63, 3.8) is 0 Å². The molecule has 2 aromatic rings. The summed E-state index contributed by atoms with van der Waals surface area (Å²) in [5.41, 5.74) is 4.89. The summed E-state index contributed by atoms with van der Waals surface area (Å²) in [6, 6.07) is 2.14. The van der Waals surface area contributed by atoms with Gasteiger partial charge in [0.15, 0.2) is 0 Å². The summed E-state index contributed by atoms with van der Waals surface area (Å²) in [5, 5.41) is 13.8. The van der Waals surface area contributed by atoms with Crippen molar-refractivity contribution in [3.8, 4) is 23.5 Å². The number of aliphatic hydroxyl groups is 1. The summed E-state index contributed by atoms with van der Waals surface area (Å²) in [5.74, 6) is 0.581. The van der Waals surface area contributed by atoms with Gasteiger partial charge in [-0.05, 0) is 26.0 Å². The summed E-state index contributed by atoms with van der Waals surface area (Å²) >= 11 is 0. The van der Waals surface area contributed by atoms with Gasteiger partial charge in [-0.15, -0.1) is 0 Å². The molecule has 1 unspecified atom stereocenters. The zero-order chi connectivity index (χ0) is 26.1. The molecule has 2 aliphatic rings. The summed E-state index contributed by atoms with van der Waals surface area (Å²) in [6.45, 7) is 4.09. The molecule has 192 valence electrons. The van der Waals surface area contributed by atoms with E-state index in [0.717, 1.165) is 0 Å². The van der Waals surface area contributed by atoms with Gasteiger partial charge < -0.3 is 30.4 Å². The van der Waals surface area contributed by atoms with Gasteiger partial charge in [0.2, 0.25) is 5.88 Å². The van der Waals surface area contributed by atoms with Crippen molar-refractivity contribution in [1.29, 1.82) is 0 Å². The van der Waals surface area contributed by atoms with Gasteiger partial charge in [-0.3, -0.25) is 9.59 Å². The second-order valence-corrected chi connectivity index (χ2v) is 9.19. The van der Waals surface area contributed by atoms with E-state index >= 15 is 0 Å². The van der Waals surface area contributed by atoms with Crippen LogP contribution in [0.15, 0.2) is 18.3 Å². The first-order chi connectivity index (χ1) is 17.0. The number of carbonyl (C=O) groups excluding carboxylic acids is 2. The van der Waals surface area contributed by atoms with Crippen molar-refractivity contribution in [3.05, 3.63) is 29.5 Å². The number of pyridine rings is 1. The number of carbonyl (C=O) groups is 2. The van der Waals surface area contributed by atoms with Gasteiger partial charge in [-0.2, -0.15) is 8.78 Å². The monoisotopic (exact) mass is 503 g/mol. The second-order valence-electron chi connectivity index (χ2n) is 9.19. The second kappa shape index (κ2) is 9.87. The molecule has 2 saturated heterocycles.